The van der Waals surface area contributed by atoms with Crippen molar-refractivity contribution in [1.82, 2.24) is 0 Å². The second kappa shape index (κ2) is 8.85. The maximum Gasteiger partial charge on any atom is 0.310 e. The van der Waals surface area contributed by atoms with Crippen molar-refractivity contribution < 1.29 is 14.3 Å². The molecule has 0 heterocycles. The summed E-state index contributed by atoms with van der Waals surface area (Å²) in [6.07, 6.45) is -0.0846. The first-order valence-corrected chi connectivity index (χ1v) is 9.07. The van der Waals surface area contributed by atoms with E-state index in [0.717, 1.165) is 11.1 Å². The number of hydrogen-bond acceptors (Lipinski definition) is 3. The summed E-state index contributed by atoms with van der Waals surface area (Å²) in [7, 11) is 0. The van der Waals surface area contributed by atoms with Crippen LogP contribution >= 0.6 is 23.2 Å². The largest absolute Gasteiger partial charge is 0.457 e. The highest BCUT2D eigenvalue weighted by molar-refractivity contribution is 6.36. The predicted molar refractivity (Wildman–Crippen MR) is 107 cm³/mol. The Morgan fingerprint density at radius 3 is 1.96 bits per heavy atom. The molecule has 0 amide bonds. The number of carbonyl (C=O) groups excluding carboxylic acids is 2. The molecule has 0 radical (unpaired) electrons. The molecule has 27 heavy (non-hydrogen) atoms. The molecule has 0 unspecified atom stereocenters. The van der Waals surface area contributed by atoms with Crippen LogP contribution in [0.1, 0.15) is 15.9 Å². The lowest BCUT2D eigenvalue weighted by atomic mass is 10.0. The molecule has 5 heteroatoms. The number of carbonyl (C=O) groups is 2. The molecular formula is C22H16Cl2O3. The molecule has 0 saturated carbocycles. The predicted octanol–water partition coefficient (Wildman–Crippen LogP) is 5.63. The van der Waals surface area contributed by atoms with Gasteiger partial charge in [0, 0.05) is 21.2 Å². The van der Waals surface area contributed by atoms with E-state index in [1.165, 1.54) is 0 Å². The van der Waals surface area contributed by atoms with Crippen LogP contribution in [-0.2, 0) is 16.0 Å². The van der Waals surface area contributed by atoms with Crippen molar-refractivity contribution in [2.45, 2.75) is 6.42 Å². The Morgan fingerprint density at radius 1 is 0.741 bits per heavy atom. The van der Waals surface area contributed by atoms with Crippen molar-refractivity contribution in [2.75, 3.05) is 6.61 Å². The van der Waals surface area contributed by atoms with Gasteiger partial charge in [-0.3, -0.25) is 9.59 Å². The van der Waals surface area contributed by atoms with Crippen LogP contribution in [0.3, 0.4) is 0 Å². The number of rotatable bonds is 6. The van der Waals surface area contributed by atoms with Crippen LogP contribution in [0.4, 0.5) is 0 Å². The van der Waals surface area contributed by atoms with Crippen molar-refractivity contribution in [2.24, 2.45) is 0 Å². The average Bonchev–Trinajstić information content (AvgIpc) is 2.70. The molecule has 3 aromatic rings. The van der Waals surface area contributed by atoms with E-state index in [1.807, 2.05) is 42.5 Å². The van der Waals surface area contributed by atoms with Crippen molar-refractivity contribution in [3.8, 4) is 11.1 Å². The minimum Gasteiger partial charge on any atom is -0.457 e. The fraction of sp³-hybridized carbons (Fsp3) is 0.0909. The molecule has 3 rings (SSSR count). The Bertz CT molecular complexity index is 931. The lowest BCUT2D eigenvalue weighted by Gasteiger charge is -2.08. The highest BCUT2D eigenvalue weighted by atomic mass is 35.5. The van der Waals surface area contributed by atoms with Crippen LogP contribution in [-0.4, -0.2) is 18.4 Å². The molecule has 0 aromatic heterocycles. The molecule has 0 spiro atoms. The normalized spacial score (nSPS) is 10.4. The maximum absolute atomic E-state index is 12.3. The lowest BCUT2D eigenvalue weighted by molar-refractivity contribution is -0.141. The molecule has 0 saturated heterocycles. The fourth-order valence-corrected chi connectivity index (χ4v) is 3.14. The number of halogens is 2. The van der Waals surface area contributed by atoms with Gasteiger partial charge < -0.3 is 4.74 Å². The lowest BCUT2D eigenvalue weighted by Crippen LogP contribution is -2.16. The first kappa shape index (κ1) is 19.2. The molecule has 0 N–H and O–H groups in total. The summed E-state index contributed by atoms with van der Waals surface area (Å²) in [6.45, 7) is -0.328. The number of ketones is 1. The van der Waals surface area contributed by atoms with Gasteiger partial charge in [-0.15, -0.1) is 0 Å². The Morgan fingerprint density at radius 2 is 1.33 bits per heavy atom. The molecule has 0 bridgehead atoms. The standard InChI is InChI=1S/C22H16Cl2O3/c23-19-7-4-8-20(24)18(19)13-22(26)27-14-21(25)17-11-9-16(10-12-17)15-5-2-1-3-6-15/h1-12H,13-14H2. The van der Waals surface area contributed by atoms with E-state index < -0.39 is 5.97 Å². The van der Waals surface area contributed by atoms with Gasteiger partial charge in [0.1, 0.15) is 0 Å². The van der Waals surface area contributed by atoms with Gasteiger partial charge in [0.05, 0.1) is 6.42 Å². The highest BCUT2D eigenvalue weighted by Crippen LogP contribution is 2.25. The molecule has 3 nitrogen and oxygen atoms in total. The Kier molecular flexibility index (Phi) is 6.28. The number of hydrogen-bond donors (Lipinski definition) is 0. The molecule has 0 aliphatic heterocycles. The van der Waals surface area contributed by atoms with E-state index in [1.54, 1.807) is 30.3 Å². The molecule has 0 aliphatic rings. The van der Waals surface area contributed by atoms with Crippen LogP contribution < -0.4 is 0 Å². The molecular weight excluding hydrogens is 383 g/mol. The van der Waals surface area contributed by atoms with E-state index >= 15 is 0 Å². The number of ether oxygens (including phenoxy) is 1. The summed E-state index contributed by atoms with van der Waals surface area (Å²) in [6, 6.07) is 22.0. The second-order valence-corrected chi connectivity index (χ2v) is 6.72. The van der Waals surface area contributed by atoms with E-state index in [9.17, 15) is 9.59 Å². The monoisotopic (exact) mass is 398 g/mol. The van der Waals surface area contributed by atoms with Gasteiger partial charge in [-0.1, -0.05) is 83.9 Å². The molecule has 0 aliphatic carbocycles. The van der Waals surface area contributed by atoms with E-state index in [0.29, 0.717) is 21.2 Å². The third kappa shape index (κ3) is 4.97. The zero-order valence-corrected chi connectivity index (χ0v) is 15.8. The van der Waals surface area contributed by atoms with Gasteiger partial charge in [-0.05, 0) is 23.3 Å². The van der Waals surface area contributed by atoms with Crippen molar-refractivity contribution >= 4 is 35.0 Å². The van der Waals surface area contributed by atoms with Gasteiger partial charge in [0.15, 0.2) is 12.4 Å². The summed E-state index contributed by atoms with van der Waals surface area (Å²) in [5.74, 6) is -0.826. The average molecular weight is 399 g/mol. The van der Waals surface area contributed by atoms with Crippen molar-refractivity contribution in [1.29, 1.82) is 0 Å². The summed E-state index contributed by atoms with van der Waals surface area (Å²) >= 11 is 12.1. The van der Waals surface area contributed by atoms with Crippen LogP contribution in [0, 0.1) is 0 Å². The summed E-state index contributed by atoms with van der Waals surface area (Å²) < 4.78 is 5.08. The van der Waals surface area contributed by atoms with Crippen LogP contribution in [0.15, 0.2) is 72.8 Å². The fourth-order valence-electron chi connectivity index (χ4n) is 2.61. The number of esters is 1. The Balaban J connectivity index is 1.58. The van der Waals surface area contributed by atoms with Gasteiger partial charge in [0.2, 0.25) is 0 Å². The number of benzene rings is 3. The van der Waals surface area contributed by atoms with E-state index in [2.05, 4.69) is 0 Å². The minimum atomic E-state index is -0.556. The van der Waals surface area contributed by atoms with Gasteiger partial charge >= 0.3 is 5.97 Å². The molecule has 3 aromatic carbocycles. The van der Waals surface area contributed by atoms with Gasteiger partial charge in [-0.2, -0.15) is 0 Å². The maximum atomic E-state index is 12.3. The summed E-state index contributed by atoms with van der Waals surface area (Å²) in [4.78, 5) is 24.3. The third-order valence-corrected chi connectivity index (χ3v) is 4.77. The summed E-state index contributed by atoms with van der Waals surface area (Å²) in [5, 5.41) is 0.782. The minimum absolute atomic E-state index is 0.0846. The van der Waals surface area contributed by atoms with Crippen molar-refractivity contribution in [3.05, 3.63) is 94.0 Å². The number of Topliss-reactive ketones (excluding diaryl/α,β-unsaturated/α-hetero) is 1. The van der Waals surface area contributed by atoms with E-state index in [4.69, 9.17) is 27.9 Å². The topological polar surface area (TPSA) is 43.4 Å². The van der Waals surface area contributed by atoms with Crippen molar-refractivity contribution in [3.63, 3.8) is 0 Å². The van der Waals surface area contributed by atoms with Crippen LogP contribution in [0.25, 0.3) is 11.1 Å². The van der Waals surface area contributed by atoms with E-state index in [-0.39, 0.29) is 18.8 Å². The summed E-state index contributed by atoms with van der Waals surface area (Å²) in [5.41, 5.74) is 3.06. The first-order valence-electron chi connectivity index (χ1n) is 8.32. The zero-order valence-electron chi connectivity index (χ0n) is 14.3. The first-order chi connectivity index (χ1) is 13.0. The quantitative estimate of drug-likeness (QED) is 0.399. The molecule has 0 fully saturated rings. The van der Waals surface area contributed by atoms with Gasteiger partial charge in [-0.25, -0.2) is 0 Å². The Hall–Kier alpha value is -2.62. The molecule has 0 atom stereocenters. The third-order valence-electron chi connectivity index (χ3n) is 4.06. The molecule has 136 valence electrons. The zero-order chi connectivity index (χ0) is 19.2. The van der Waals surface area contributed by atoms with Gasteiger partial charge in [0.25, 0.3) is 0 Å². The van der Waals surface area contributed by atoms with Crippen LogP contribution in [0.2, 0.25) is 10.0 Å². The Labute approximate surface area is 167 Å². The SMILES string of the molecule is O=C(Cc1c(Cl)cccc1Cl)OCC(=O)c1ccc(-c2ccccc2)cc1. The van der Waals surface area contributed by atoms with Crippen LogP contribution in [0.5, 0.6) is 0 Å². The second-order valence-electron chi connectivity index (χ2n) is 5.90. The highest BCUT2D eigenvalue weighted by Gasteiger charge is 2.14. The smallest absolute Gasteiger partial charge is 0.310 e.